The molecule has 1 unspecified atom stereocenters. The van der Waals surface area contributed by atoms with Crippen molar-refractivity contribution in [2.24, 2.45) is 5.92 Å². The lowest BCUT2D eigenvalue weighted by atomic mass is 9.75. The van der Waals surface area contributed by atoms with Crippen molar-refractivity contribution < 1.29 is 5.11 Å². The summed E-state index contributed by atoms with van der Waals surface area (Å²) in [4.78, 5) is 0. The van der Waals surface area contributed by atoms with Crippen LogP contribution in [-0.2, 0) is 5.11 Å². The molecule has 0 saturated heterocycles. The molecule has 127 valence electrons. The molecule has 0 aliphatic heterocycles. The fraction of sp³-hybridized carbons (Fsp3) is 1.00. The molecule has 0 spiro atoms. The molecule has 1 radical (unpaired) electrons. The van der Waals surface area contributed by atoms with Crippen LogP contribution in [0.2, 0.25) is 0 Å². The minimum Gasteiger partial charge on any atom is -0.229 e. The molecule has 0 heterocycles. The van der Waals surface area contributed by atoms with Gasteiger partial charge < -0.3 is 0 Å². The van der Waals surface area contributed by atoms with Gasteiger partial charge >= 0.3 is 0 Å². The monoisotopic (exact) mass is 297 g/mol. The molecule has 0 aromatic rings. The molecule has 0 aliphatic carbocycles. The van der Waals surface area contributed by atoms with Crippen molar-refractivity contribution in [3.8, 4) is 0 Å². The van der Waals surface area contributed by atoms with Crippen LogP contribution >= 0.6 is 0 Å². The van der Waals surface area contributed by atoms with Crippen LogP contribution < -0.4 is 0 Å². The summed E-state index contributed by atoms with van der Waals surface area (Å²) in [6.07, 6.45) is 16.7. The minimum absolute atomic E-state index is 0.420. The Morgan fingerprint density at radius 1 is 0.619 bits per heavy atom. The van der Waals surface area contributed by atoms with Crippen molar-refractivity contribution in [3.63, 3.8) is 0 Å². The zero-order chi connectivity index (χ0) is 16.0. The maximum Gasteiger partial charge on any atom is 0.106 e. The molecule has 1 nitrogen and oxygen atoms in total. The highest BCUT2D eigenvalue weighted by molar-refractivity contribution is 4.85. The molecule has 0 saturated carbocycles. The topological polar surface area (TPSA) is 19.9 Å². The Morgan fingerprint density at radius 2 is 1.10 bits per heavy atom. The van der Waals surface area contributed by atoms with E-state index >= 15 is 0 Å². The highest BCUT2D eigenvalue weighted by Gasteiger charge is 2.35. The number of hydrogen-bond acceptors (Lipinski definition) is 0. The van der Waals surface area contributed by atoms with Crippen LogP contribution in [0.25, 0.3) is 0 Å². The fourth-order valence-electron chi connectivity index (χ4n) is 3.67. The Balaban J connectivity index is 4.32. The van der Waals surface area contributed by atoms with Crippen LogP contribution in [0.3, 0.4) is 0 Å². The third-order valence-corrected chi connectivity index (χ3v) is 4.90. The second-order valence-electron chi connectivity index (χ2n) is 6.96. The van der Waals surface area contributed by atoms with E-state index in [1.807, 2.05) is 0 Å². The average molecular weight is 298 g/mol. The Bertz CT molecular complexity index is 206. The maximum absolute atomic E-state index is 13.3. The summed E-state index contributed by atoms with van der Waals surface area (Å²) in [5.74, 6) is 0.420. The highest BCUT2D eigenvalue weighted by Crippen LogP contribution is 2.36. The zero-order valence-electron chi connectivity index (χ0n) is 15.4. The second-order valence-corrected chi connectivity index (χ2v) is 6.96. The van der Waals surface area contributed by atoms with Gasteiger partial charge in [0.05, 0.1) is 0 Å². The van der Waals surface area contributed by atoms with E-state index in [2.05, 4.69) is 27.7 Å². The SMILES string of the molecule is CCCCCCCCC(CCCC)C([O])(CCC)CCC. The Labute approximate surface area is 134 Å². The summed E-state index contributed by atoms with van der Waals surface area (Å²) in [5.41, 5.74) is -0.637. The second kappa shape index (κ2) is 13.6. The Kier molecular flexibility index (Phi) is 13.6. The number of unbranched alkanes of at least 4 members (excludes halogenated alkanes) is 6. The summed E-state index contributed by atoms with van der Waals surface area (Å²) in [7, 11) is 0. The smallest absolute Gasteiger partial charge is 0.106 e. The summed E-state index contributed by atoms with van der Waals surface area (Å²) in [6.45, 7) is 8.85. The first-order valence-electron chi connectivity index (χ1n) is 9.84. The molecule has 1 atom stereocenters. The molecule has 0 aliphatic rings. The van der Waals surface area contributed by atoms with Gasteiger partial charge in [0.15, 0.2) is 0 Å². The van der Waals surface area contributed by atoms with Gasteiger partial charge in [-0.1, -0.05) is 91.9 Å². The van der Waals surface area contributed by atoms with E-state index in [0.29, 0.717) is 5.92 Å². The van der Waals surface area contributed by atoms with Crippen LogP contribution in [0.1, 0.15) is 118 Å². The predicted octanol–water partition coefficient (Wildman–Crippen LogP) is 7.31. The van der Waals surface area contributed by atoms with Gasteiger partial charge in [0.1, 0.15) is 5.60 Å². The average Bonchev–Trinajstić information content (AvgIpc) is 2.46. The van der Waals surface area contributed by atoms with E-state index in [4.69, 9.17) is 0 Å². The predicted molar refractivity (Wildman–Crippen MR) is 94.2 cm³/mol. The molecule has 0 rings (SSSR count). The quantitative estimate of drug-likeness (QED) is 0.282. The zero-order valence-corrected chi connectivity index (χ0v) is 15.4. The molecule has 0 fully saturated rings. The number of rotatable bonds is 15. The van der Waals surface area contributed by atoms with Gasteiger partial charge in [-0.2, -0.15) is 0 Å². The number of hydrogen-bond donors (Lipinski definition) is 0. The van der Waals surface area contributed by atoms with E-state index < -0.39 is 5.60 Å². The van der Waals surface area contributed by atoms with Gasteiger partial charge in [0, 0.05) is 0 Å². The first kappa shape index (κ1) is 21.0. The summed E-state index contributed by atoms with van der Waals surface area (Å²) in [5, 5.41) is 13.3. The van der Waals surface area contributed by atoms with Crippen molar-refractivity contribution >= 4 is 0 Å². The van der Waals surface area contributed by atoms with Gasteiger partial charge in [-0.3, -0.25) is 0 Å². The Morgan fingerprint density at radius 3 is 1.62 bits per heavy atom. The van der Waals surface area contributed by atoms with Gasteiger partial charge in [-0.25, -0.2) is 5.11 Å². The summed E-state index contributed by atoms with van der Waals surface area (Å²) >= 11 is 0. The molecular formula is C20H41O. The highest BCUT2D eigenvalue weighted by atomic mass is 16.3. The lowest BCUT2D eigenvalue weighted by molar-refractivity contribution is -0.0977. The molecule has 21 heavy (non-hydrogen) atoms. The van der Waals surface area contributed by atoms with E-state index in [1.165, 1.54) is 57.8 Å². The molecule has 0 aromatic carbocycles. The normalized spacial score (nSPS) is 13.6. The van der Waals surface area contributed by atoms with Gasteiger partial charge in [0.25, 0.3) is 0 Å². The maximum atomic E-state index is 13.3. The first-order chi connectivity index (χ1) is 10.1. The fourth-order valence-corrected chi connectivity index (χ4v) is 3.67. The van der Waals surface area contributed by atoms with Crippen LogP contribution in [-0.4, -0.2) is 5.60 Å². The molecule has 0 aromatic heterocycles. The third kappa shape index (κ3) is 9.55. The van der Waals surface area contributed by atoms with Crippen molar-refractivity contribution in [2.45, 2.75) is 123 Å². The summed E-state index contributed by atoms with van der Waals surface area (Å²) < 4.78 is 0. The van der Waals surface area contributed by atoms with Crippen LogP contribution in [0.5, 0.6) is 0 Å². The molecule has 0 amide bonds. The third-order valence-electron chi connectivity index (χ3n) is 4.90. The van der Waals surface area contributed by atoms with Gasteiger partial charge in [-0.15, -0.1) is 0 Å². The standard InChI is InChI=1S/C20H41O/c1-5-9-11-12-13-14-16-19(15-10-6-2)20(21,17-7-3)18-8-4/h19H,5-18H2,1-4H3. The minimum atomic E-state index is -0.637. The van der Waals surface area contributed by atoms with Crippen molar-refractivity contribution in [1.82, 2.24) is 0 Å². The molecule has 0 bridgehead atoms. The molecule has 1 heteroatoms. The molecule has 0 N–H and O–H groups in total. The van der Waals surface area contributed by atoms with E-state index in [-0.39, 0.29) is 0 Å². The lowest BCUT2D eigenvalue weighted by Gasteiger charge is -2.34. The van der Waals surface area contributed by atoms with Crippen molar-refractivity contribution in [3.05, 3.63) is 0 Å². The lowest BCUT2D eigenvalue weighted by Crippen LogP contribution is -2.36. The van der Waals surface area contributed by atoms with Crippen molar-refractivity contribution in [2.75, 3.05) is 0 Å². The van der Waals surface area contributed by atoms with E-state index in [0.717, 1.165) is 32.1 Å². The molecular weight excluding hydrogens is 256 g/mol. The van der Waals surface area contributed by atoms with Crippen molar-refractivity contribution in [1.29, 1.82) is 0 Å². The van der Waals surface area contributed by atoms with Gasteiger partial charge in [0.2, 0.25) is 0 Å². The first-order valence-corrected chi connectivity index (χ1v) is 9.84. The largest absolute Gasteiger partial charge is 0.229 e. The van der Waals surface area contributed by atoms with Gasteiger partial charge in [-0.05, 0) is 31.6 Å². The van der Waals surface area contributed by atoms with Crippen LogP contribution in [0.15, 0.2) is 0 Å². The van der Waals surface area contributed by atoms with Crippen LogP contribution in [0.4, 0.5) is 0 Å². The Hall–Kier alpha value is -0.0400. The summed E-state index contributed by atoms with van der Waals surface area (Å²) in [6, 6.07) is 0. The van der Waals surface area contributed by atoms with E-state index in [9.17, 15) is 5.11 Å². The van der Waals surface area contributed by atoms with E-state index in [1.54, 1.807) is 0 Å². The van der Waals surface area contributed by atoms with Crippen LogP contribution in [0, 0.1) is 5.92 Å².